The van der Waals surface area contributed by atoms with Crippen molar-refractivity contribution in [3.05, 3.63) is 71.1 Å². The average molecular weight is 562 g/mol. The molecule has 0 fully saturated rings. The molecule has 164 valence electrons. The van der Waals surface area contributed by atoms with E-state index < -0.39 is 4.92 Å². The Bertz CT molecular complexity index is 1330. The van der Waals surface area contributed by atoms with Crippen LogP contribution in [-0.2, 0) is 0 Å². The second-order valence-corrected chi connectivity index (χ2v) is 8.67. The second-order valence-electron chi connectivity index (χ2n) is 6.90. The van der Waals surface area contributed by atoms with E-state index in [9.17, 15) is 14.9 Å². The van der Waals surface area contributed by atoms with E-state index in [-0.39, 0.29) is 29.5 Å². The highest BCUT2D eigenvalue weighted by Crippen LogP contribution is 2.36. The summed E-state index contributed by atoms with van der Waals surface area (Å²) in [6.07, 6.45) is 7.31. The average Bonchev–Trinajstić information content (AvgIpc) is 2.77. The molecule has 0 aliphatic heterocycles. The highest BCUT2D eigenvalue weighted by Gasteiger charge is 2.20. The van der Waals surface area contributed by atoms with E-state index >= 15 is 0 Å². The molecule has 0 unspecified atom stereocenters. The van der Waals surface area contributed by atoms with Crippen LogP contribution in [0.25, 0.3) is 10.9 Å². The Morgan fingerprint density at radius 2 is 2.12 bits per heavy atom. The summed E-state index contributed by atoms with van der Waals surface area (Å²) < 4.78 is 7.64. The molecule has 3 rings (SSSR count). The van der Waals surface area contributed by atoms with Crippen LogP contribution in [0.5, 0.6) is 5.75 Å². The molecule has 0 spiro atoms. The first-order valence-corrected chi connectivity index (χ1v) is 11.2. The topological polar surface area (TPSA) is 99.6 Å². The van der Waals surface area contributed by atoms with Crippen molar-refractivity contribution in [2.75, 3.05) is 6.61 Å². The van der Waals surface area contributed by atoms with Gasteiger partial charge in [0.05, 0.1) is 26.5 Å². The Kier molecular flexibility index (Phi) is 7.43. The Labute approximate surface area is 200 Å². The summed E-state index contributed by atoms with van der Waals surface area (Å²) in [5.74, 6) is 2.78. The summed E-state index contributed by atoms with van der Waals surface area (Å²) >= 11 is 6.66. The molecular weight excluding hydrogens is 544 g/mol. The van der Waals surface area contributed by atoms with E-state index in [2.05, 4.69) is 47.9 Å². The minimum atomic E-state index is -0.570. The Morgan fingerprint density at radius 1 is 1.38 bits per heavy atom. The number of nitro groups is 1. The fourth-order valence-corrected chi connectivity index (χ4v) is 3.91. The van der Waals surface area contributed by atoms with Crippen LogP contribution in [0.1, 0.15) is 37.6 Å². The minimum Gasteiger partial charge on any atom is -0.473 e. The number of fused-ring (bicyclic) bond motifs is 1. The predicted octanol–water partition coefficient (Wildman–Crippen LogP) is 5.24. The molecule has 0 saturated carbocycles. The first-order valence-electron chi connectivity index (χ1n) is 9.57. The van der Waals surface area contributed by atoms with Crippen molar-refractivity contribution in [1.29, 1.82) is 0 Å². The molecular formula is C22H18Br2N4O4. The largest absolute Gasteiger partial charge is 0.473 e. The van der Waals surface area contributed by atoms with Gasteiger partial charge in [0.25, 0.3) is 5.56 Å². The molecule has 0 radical (unpaired) electrons. The number of nitro benzene ring substituents is 1. The van der Waals surface area contributed by atoms with Crippen LogP contribution < -0.4 is 10.3 Å². The zero-order valence-electron chi connectivity index (χ0n) is 17.2. The van der Waals surface area contributed by atoms with Crippen molar-refractivity contribution in [1.82, 2.24) is 9.66 Å². The van der Waals surface area contributed by atoms with Crippen LogP contribution in [0.15, 0.2) is 49.2 Å². The summed E-state index contributed by atoms with van der Waals surface area (Å²) in [5.41, 5.74) is 0.373. The van der Waals surface area contributed by atoms with Crippen molar-refractivity contribution in [2.24, 2.45) is 5.10 Å². The summed E-state index contributed by atoms with van der Waals surface area (Å²) in [4.78, 5) is 28.8. The smallest absolute Gasteiger partial charge is 0.312 e. The molecule has 1 heterocycles. The molecule has 32 heavy (non-hydrogen) atoms. The van der Waals surface area contributed by atoms with Gasteiger partial charge in [0.1, 0.15) is 12.4 Å². The van der Waals surface area contributed by atoms with E-state index in [0.717, 1.165) is 10.9 Å². The van der Waals surface area contributed by atoms with Crippen LogP contribution in [0.3, 0.4) is 0 Å². The molecule has 1 atom stereocenters. The number of terminal acetylenes is 1. The third-order valence-electron chi connectivity index (χ3n) is 4.75. The fourth-order valence-electron chi connectivity index (χ4n) is 2.97. The van der Waals surface area contributed by atoms with Gasteiger partial charge in [0.2, 0.25) is 5.75 Å². The molecule has 0 saturated heterocycles. The lowest BCUT2D eigenvalue weighted by Gasteiger charge is -2.14. The quantitative estimate of drug-likeness (QED) is 0.170. The van der Waals surface area contributed by atoms with E-state index in [4.69, 9.17) is 11.2 Å². The lowest BCUT2D eigenvalue weighted by atomic mass is 10.1. The van der Waals surface area contributed by atoms with Crippen molar-refractivity contribution in [3.8, 4) is 18.1 Å². The maximum atomic E-state index is 13.2. The molecule has 0 aliphatic rings. The highest BCUT2D eigenvalue weighted by atomic mass is 79.9. The van der Waals surface area contributed by atoms with Gasteiger partial charge in [0.15, 0.2) is 0 Å². The Hall–Kier alpha value is -3.03. The lowest BCUT2D eigenvalue weighted by molar-refractivity contribution is -0.385. The van der Waals surface area contributed by atoms with Gasteiger partial charge in [-0.25, -0.2) is 4.98 Å². The molecule has 1 aromatic heterocycles. The minimum absolute atomic E-state index is 0.0276. The van der Waals surface area contributed by atoms with Crippen molar-refractivity contribution >= 4 is 54.7 Å². The van der Waals surface area contributed by atoms with Crippen LogP contribution in [-0.4, -0.2) is 27.4 Å². The maximum Gasteiger partial charge on any atom is 0.312 e. The van der Waals surface area contributed by atoms with E-state index in [1.54, 1.807) is 18.2 Å². The number of rotatable bonds is 7. The third-order valence-corrected chi connectivity index (χ3v) is 5.83. The maximum absolute atomic E-state index is 13.2. The number of halogens is 2. The highest BCUT2D eigenvalue weighted by molar-refractivity contribution is 9.10. The molecule has 2 aromatic carbocycles. The SMILES string of the molecule is C#CCOc1c(Br)cc(C=Nn2c([C@@H](C)CC)nc3ccc(Br)cc3c2=O)cc1[N+](=O)[O-]. The number of hydrogen-bond donors (Lipinski definition) is 0. The van der Waals surface area contributed by atoms with Crippen molar-refractivity contribution in [2.45, 2.75) is 26.2 Å². The van der Waals surface area contributed by atoms with E-state index in [1.807, 2.05) is 19.9 Å². The molecule has 0 N–H and O–H groups in total. The fraction of sp³-hybridized carbons (Fsp3) is 0.227. The van der Waals surface area contributed by atoms with Gasteiger partial charge < -0.3 is 4.74 Å². The summed E-state index contributed by atoms with van der Waals surface area (Å²) in [5, 5.41) is 16.3. The van der Waals surface area contributed by atoms with Crippen LogP contribution >= 0.6 is 31.9 Å². The van der Waals surface area contributed by atoms with Crippen molar-refractivity contribution < 1.29 is 9.66 Å². The number of nitrogens with zero attached hydrogens (tertiary/aromatic N) is 4. The van der Waals surface area contributed by atoms with Gasteiger partial charge in [-0.2, -0.15) is 9.78 Å². The van der Waals surface area contributed by atoms with E-state index in [1.165, 1.54) is 17.0 Å². The van der Waals surface area contributed by atoms with E-state index in [0.29, 0.717) is 26.8 Å². The number of benzene rings is 2. The van der Waals surface area contributed by atoms with Gasteiger partial charge in [-0.05, 0) is 46.6 Å². The summed E-state index contributed by atoms with van der Waals surface area (Å²) in [6.45, 7) is 3.84. The van der Waals surface area contributed by atoms with Gasteiger partial charge >= 0.3 is 5.69 Å². The first-order chi connectivity index (χ1) is 15.3. The number of ether oxygens (including phenoxy) is 1. The number of aromatic nitrogens is 2. The van der Waals surface area contributed by atoms with Crippen LogP contribution in [0, 0.1) is 22.5 Å². The Morgan fingerprint density at radius 3 is 2.78 bits per heavy atom. The van der Waals surface area contributed by atoms with Gasteiger partial charge in [-0.3, -0.25) is 14.9 Å². The van der Waals surface area contributed by atoms with Gasteiger partial charge in [0, 0.05) is 22.0 Å². The monoisotopic (exact) mass is 560 g/mol. The molecule has 0 bridgehead atoms. The Balaban J connectivity index is 2.15. The zero-order chi connectivity index (χ0) is 23.4. The molecule has 0 aliphatic carbocycles. The normalized spacial score (nSPS) is 12.1. The molecule has 0 amide bonds. The first kappa shape index (κ1) is 23.6. The molecule has 3 aromatic rings. The van der Waals surface area contributed by atoms with Crippen LogP contribution in [0.2, 0.25) is 0 Å². The van der Waals surface area contributed by atoms with Gasteiger partial charge in [-0.15, -0.1) is 6.42 Å². The predicted molar refractivity (Wildman–Crippen MR) is 131 cm³/mol. The number of hydrogen-bond acceptors (Lipinski definition) is 6. The second kappa shape index (κ2) is 10.1. The zero-order valence-corrected chi connectivity index (χ0v) is 20.4. The van der Waals surface area contributed by atoms with Gasteiger partial charge in [-0.1, -0.05) is 35.7 Å². The lowest BCUT2D eigenvalue weighted by Crippen LogP contribution is -2.23. The molecule has 8 nitrogen and oxygen atoms in total. The summed E-state index contributed by atoms with van der Waals surface area (Å²) in [6, 6.07) is 8.19. The van der Waals surface area contributed by atoms with Crippen molar-refractivity contribution in [3.63, 3.8) is 0 Å². The third kappa shape index (κ3) is 4.89. The standard InChI is InChI=1S/C22H18Br2N4O4/c1-4-8-32-20-17(24)9-14(10-19(20)28(30)31)12-25-27-21(13(3)5-2)26-18-7-6-15(23)11-16(18)22(27)29/h1,6-7,9-13H,5,8H2,2-3H3/t13-/m0/s1. The summed E-state index contributed by atoms with van der Waals surface area (Å²) in [7, 11) is 0. The molecule has 10 heteroatoms. The van der Waals surface area contributed by atoms with Crippen LogP contribution in [0.4, 0.5) is 5.69 Å².